The molecule has 4 N–H and O–H groups in total. The lowest BCUT2D eigenvalue weighted by atomic mass is 10.0. The van der Waals surface area contributed by atoms with Gasteiger partial charge in [-0.25, -0.2) is 10.4 Å². The maximum atomic E-state index is 9.03. The van der Waals surface area contributed by atoms with Gasteiger partial charge in [0.25, 0.3) is 0 Å². The summed E-state index contributed by atoms with van der Waals surface area (Å²) in [6.07, 6.45) is 3.97. The summed E-state index contributed by atoms with van der Waals surface area (Å²) in [4.78, 5) is 6.70. The molecule has 5 heteroatoms. The number of pyridine rings is 1. The van der Waals surface area contributed by atoms with E-state index in [1.54, 1.807) is 5.43 Å². The van der Waals surface area contributed by atoms with Gasteiger partial charge in [-0.3, -0.25) is 0 Å². The summed E-state index contributed by atoms with van der Waals surface area (Å²) < 4.78 is 0. The standard InChI is InChI=1S/C21H21N5/c1-16-4-2-6-19(24-16)7-3-5-17-10-12-26(13-11-17)21-9-8-18(15-22)14-20(21)25-23/h2,4-6,8-9,14,25H,10-13,23H2,1H3/p+1. The van der Waals surface area contributed by atoms with Gasteiger partial charge in [0.15, 0.2) is 5.69 Å². The maximum Gasteiger partial charge on any atom is 0.173 e. The van der Waals surface area contributed by atoms with Gasteiger partial charge in [-0.2, -0.15) is 11.1 Å². The number of nitriles is 1. The Bertz CT molecular complexity index is 917. The van der Waals surface area contributed by atoms with E-state index in [-0.39, 0.29) is 0 Å². The predicted molar refractivity (Wildman–Crippen MR) is 102 cm³/mol. The first-order valence-corrected chi connectivity index (χ1v) is 8.67. The van der Waals surface area contributed by atoms with Gasteiger partial charge in [0, 0.05) is 24.8 Å². The Hall–Kier alpha value is -3.12. The van der Waals surface area contributed by atoms with Gasteiger partial charge in [-0.1, -0.05) is 17.6 Å². The molecule has 0 saturated carbocycles. The third-order valence-corrected chi connectivity index (χ3v) is 4.45. The Balaban J connectivity index is 1.66. The zero-order chi connectivity index (χ0) is 18.4. The third kappa shape index (κ3) is 4.29. The fraction of sp³-hybridized carbons (Fsp3) is 0.238. The van der Waals surface area contributed by atoms with Gasteiger partial charge in [0.05, 0.1) is 11.6 Å². The molecule has 1 saturated heterocycles. The van der Waals surface area contributed by atoms with Gasteiger partial charge in [0.2, 0.25) is 0 Å². The minimum atomic E-state index is 0.628. The Morgan fingerprint density at radius 3 is 2.73 bits per heavy atom. The number of piperidine rings is 1. The number of aryl methyl sites for hydroxylation is 1. The molecule has 5 nitrogen and oxygen atoms in total. The van der Waals surface area contributed by atoms with E-state index in [1.165, 1.54) is 5.57 Å². The Kier molecular flexibility index (Phi) is 5.66. The molecular formula is C21H22N5+. The van der Waals surface area contributed by atoms with Crippen molar-refractivity contribution in [2.75, 3.05) is 18.0 Å². The van der Waals surface area contributed by atoms with Crippen molar-refractivity contribution in [2.24, 2.45) is 5.84 Å². The quantitative estimate of drug-likeness (QED) is 0.377. The van der Waals surface area contributed by atoms with E-state index in [2.05, 4.69) is 27.8 Å². The summed E-state index contributed by atoms with van der Waals surface area (Å²) in [7, 11) is 0. The molecule has 0 bridgehead atoms. The molecule has 0 aliphatic carbocycles. The van der Waals surface area contributed by atoms with Gasteiger partial charge in [-0.05, 0) is 56.0 Å². The van der Waals surface area contributed by atoms with E-state index in [4.69, 9.17) is 11.1 Å². The number of hydrogen-bond acceptors (Lipinski definition) is 4. The number of rotatable bonds is 2. The molecule has 2 aromatic rings. The molecule has 1 aliphatic rings. The average Bonchev–Trinajstić information content (AvgIpc) is 2.68. The molecule has 0 unspecified atom stereocenters. The first-order chi connectivity index (χ1) is 12.7. The van der Waals surface area contributed by atoms with Crippen molar-refractivity contribution < 1.29 is 5.43 Å². The van der Waals surface area contributed by atoms with Crippen LogP contribution in [0.5, 0.6) is 0 Å². The highest BCUT2D eigenvalue weighted by Crippen LogP contribution is 2.27. The van der Waals surface area contributed by atoms with Crippen LogP contribution in [0.2, 0.25) is 0 Å². The van der Waals surface area contributed by atoms with Gasteiger partial charge >= 0.3 is 0 Å². The summed E-state index contributed by atoms with van der Waals surface area (Å²) in [5, 5.41) is 9.03. The van der Waals surface area contributed by atoms with E-state index in [1.807, 2.05) is 49.4 Å². The Labute approximate surface area is 154 Å². The zero-order valence-electron chi connectivity index (χ0n) is 14.9. The molecule has 0 spiro atoms. The van der Waals surface area contributed by atoms with Crippen molar-refractivity contribution in [2.45, 2.75) is 19.8 Å². The van der Waals surface area contributed by atoms with Crippen molar-refractivity contribution in [3.8, 4) is 17.9 Å². The summed E-state index contributed by atoms with van der Waals surface area (Å²) in [5.74, 6) is 12.0. The molecule has 2 heterocycles. The van der Waals surface area contributed by atoms with Crippen LogP contribution < -0.4 is 16.2 Å². The van der Waals surface area contributed by atoms with Crippen LogP contribution in [0, 0.1) is 30.1 Å². The molecule has 0 radical (unpaired) electrons. The normalized spacial score (nSPS) is 13.6. The van der Waals surface area contributed by atoms with E-state index in [9.17, 15) is 0 Å². The summed E-state index contributed by atoms with van der Waals surface area (Å²) >= 11 is 0. The average molecular weight is 344 g/mol. The highest BCUT2D eigenvalue weighted by atomic mass is 15.2. The molecule has 1 aromatic carbocycles. The molecule has 3 rings (SSSR count). The van der Waals surface area contributed by atoms with Crippen molar-refractivity contribution in [3.63, 3.8) is 0 Å². The topological polar surface area (TPSA) is 82.5 Å². The minimum Gasteiger partial charge on any atom is -0.366 e. The van der Waals surface area contributed by atoms with Crippen LogP contribution in [0.4, 0.5) is 11.4 Å². The van der Waals surface area contributed by atoms with Crippen molar-refractivity contribution in [1.82, 2.24) is 4.98 Å². The number of anilines is 1. The number of nitrogens with two attached hydrogens (primary N) is 2. The van der Waals surface area contributed by atoms with Crippen LogP contribution in [0.15, 0.2) is 48.0 Å². The lowest BCUT2D eigenvalue weighted by molar-refractivity contribution is -0.583. The summed E-state index contributed by atoms with van der Waals surface area (Å²) in [6, 6.07) is 13.7. The van der Waals surface area contributed by atoms with Crippen LogP contribution in [0.25, 0.3) is 0 Å². The molecular weight excluding hydrogens is 322 g/mol. The maximum absolute atomic E-state index is 9.03. The summed E-state index contributed by atoms with van der Waals surface area (Å²) in [6.45, 7) is 3.81. The Morgan fingerprint density at radius 2 is 2.04 bits per heavy atom. The van der Waals surface area contributed by atoms with E-state index in [0.717, 1.165) is 48.7 Å². The number of allylic oxidation sites excluding steroid dienone is 1. The number of aromatic nitrogens is 1. The van der Waals surface area contributed by atoms with Crippen LogP contribution >= 0.6 is 0 Å². The van der Waals surface area contributed by atoms with Gasteiger partial charge in [-0.15, -0.1) is 0 Å². The summed E-state index contributed by atoms with van der Waals surface area (Å²) in [5.41, 5.74) is 7.33. The van der Waals surface area contributed by atoms with Crippen molar-refractivity contribution >= 4 is 11.4 Å². The van der Waals surface area contributed by atoms with Crippen molar-refractivity contribution in [3.05, 3.63) is 65.0 Å². The number of hydrogen-bond donors (Lipinski definition) is 2. The molecule has 1 aromatic heterocycles. The molecule has 26 heavy (non-hydrogen) atoms. The first-order valence-electron chi connectivity index (χ1n) is 8.67. The SMILES string of the molecule is Cc1cccc(C#CC=C2CCN(c3ccc(C#N)cc3[NH2+]N)CC2)n1. The van der Waals surface area contributed by atoms with E-state index >= 15 is 0 Å². The lowest BCUT2D eigenvalue weighted by Gasteiger charge is -2.30. The highest BCUT2D eigenvalue weighted by molar-refractivity contribution is 5.65. The second kappa shape index (κ2) is 8.31. The second-order valence-corrected chi connectivity index (χ2v) is 6.28. The fourth-order valence-electron chi connectivity index (χ4n) is 3.05. The molecule has 1 fully saturated rings. The largest absolute Gasteiger partial charge is 0.366 e. The number of benzene rings is 1. The lowest BCUT2D eigenvalue weighted by Crippen LogP contribution is -2.85. The first kappa shape index (κ1) is 17.7. The molecule has 0 amide bonds. The van der Waals surface area contributed by atoms with Gasteiger partial charge in [0.1, 0.15) is 11.4 Å². The fourth-order valence-corrected chi connectivity index (χ4v) is 3.05. The number of nitrogens with zero attached hydrogens (tertiary/aromatic N) is 3. The van der Waals surface area contributed by atoms with Crippen molar-refractivity contribution in [1.29, 1.82) is 5.26 Å². The number of quaternary nitrogens is 1. The van der Waals surface area contributed by atoms with Crippen LogP contribution in [0.3, 0.4) is 0 Å². The monoisotopic (exact) mass is 344 g/mol. The molecule has 130 valence electrons. The Morgan fingerprint density at radius 1 is 1.23 bits per heavy atom. The third-order valence-electron chi connectivity index (χ3n) is 4.45. The van der Waals surface area contributed by atoms with Crippen LogP contribution in [-0.4, -0.2) is 18.1 Å². The molecule has 1 aliphatic heterocycles. The van der Waals surface area contributed by atoms with Gasteiger partial charge < -0.3 is 4.90 Å². The zero-order valence-corrected chi connectivity index (χ0v) is 14.9. The van der Waals surface area contributed by atoms with E-state index in [0.29, 0.717) is 5.56 Å². The molecule has 0 atom stereocenters. The smallest absolute Gasteiger partial charge is 0.173 e. The van der Waals surface area contributed by atoms with Crippen LogP contribution in [0.1, 0.15) is 29.8 Å². The van der Waals surface area contributed by atoms with Crippen LogP contribution in [-0.2, 0) is 0 Å². The predicted octanol–water partition coefficient (Wildman–Crippen LogP) is 1.91. The minimum absolute atomic E-state index is 0.628. The van der Waals surface area contributed by atoms with E-state index < -0.39 is 0 Å². The highest BCUT2D eigenvalue weighted by Gasteiger charge is 2.18. The second-order valence-electron chi connectivity index (χ2n) is 6.28.